The van der Waals surface area contributed by atoms with Gasteiger partial charge in [-0.15, -0.1) is 0 Å². The average molecular weight is 274 g/mol. The van der Waals surface area contributed by atoms with Crippen molar-refractivity contribution in [2.45, 2.75) is 19.0 Å². The van der Waals surface area contributed by atoms with Gasteiger partial charge in [-0.2, -0.15) is 0 Å². The SMILES string of the molecule is Cn1cccc1[C@@H]1COCCN1CCCn1ccnc1. The maximum atomic E-state index is 5.67. The summed E-state index contributed by atoms with van der Waals surface area (Å²) in [6.07, 6.45) is 8.98. The summed E-state index contributed by atoms with van der Waals surface area (Å²) in [6, 6.07) is 4.68. The van der Waals surface area contributed by atoms with Crippen LogP contribution in [0.5, 0.6) is 0 Å². The van der Waals surface area contributed by atoms with E-state index in [0.717, 1.165) is 39.3 Å². The Morgan fingerprint density at radius 3 is 3.05 bits per heavy atom. The molecule has 5 nitrogen and oxygen atoms in total. The Hall–Kier alpha value is -1.59. The van der Waals surface area contributed by atoms with Gasteiger partial charge in [0.25, 0.3) is 0 Å². The number of aromatic nitrogens is 3. The van der Waals surface area contributed by atoms with Crippen LogP contribution in [0.3, 0.4) is 0 Å². The van der Waals surface area contributed by atoms with E-state index in [-0.39, 0.29) is 0 Å². The van der Waals surface area contributed by atoms with Crippen molar-refractivity contribution in [1.29, 1.82) is 0 Å². The van der Waals surface area contributed by atoms with E-state index in [1.54, 1.807) is 0 Å². The molecule has 2 aromatic rings. The first-order valence-electron chi connectivity index (χ1n) is 7.23. The van der Waals surface area contributed by atoms with Crippen LogP contribution in [-0.2, 0) is 18.3 Å². The van der Waals surface area contributed by atoms with Gasteiger partial charge < -0.3 is 13.9 Å². The highest BCUT2D eigenvalue weighted by molar-refractivity contribution is 5.12. The van der Waals surface area contributed by atoms with Crippen molar-refractivity contribution in [3.63, 3.8) is 0 Å². The van der Waals surface area contributed by atoms with Gasteiger partial charge in [-0.3, -0.25) is 4.90 Å². The summed E-state index contributed by atoms with van der Waals surface area (Å²) in [5, 5.41) is 0. The summed E-state index contributed by atoms with van der Waals surface area (Å²) < 4.78 is 10.0. The van der Waals surface area contributed by atoms with Gasteiger partial charge in [-0.05, 0) is 18.6 Å². The third-order valence-electron chi connectivity index (χ3n) is 3.99. The molecule has 1 atom stereocenters. The second-order valence-electron chi connectivity index (χ2n) is 5.32. The lowest BCUT2D eigenvalue weighted by molar-refractivity contribution is -0.0118. The van der Waals surface area contributed by atoms with Crippen molar-refractivity contribution >= 4 is 0 Å². The second kappa shape index (κ2) is 6.24. The minimum absolute atomic E-state index is 0.381. The van der Waals surface area contributed by atoms with E-state index in [1.165, 1.54) is 5.69 Å². The molecule has 20 heavy (non-hydrogen) atoms. The molecule has 0 aromatic carbocycles. The number of hydrogen-bond donors (Lipinski definition) is 0. The molecule has 5 heteroatoms. The second-order valence-corrected chi connectivity index (χ2v) is 5.32. The average Bonchev–Trinajstić information content (AvgIpc) is 3.11. The Morgan fingerprint density at radius 2 is 2.30 bits per heavy atom. The monoisotopic (exact) mass is 274 g/mol. The number of nitrogens with zero attached hydrogens (tertiary/aromatic N) is 4. The molecular formula is C15H22N4O. The summed E-state index contributed by atoms with van der Waals surface area (Å²) >= 11 is 0. The first-order chi connectivity index (χ1) is 9.84. The molecule has 1 aliphatic heterocycles. The number of ether oxygens (including phenoxy) is 1. The lowest BCUT2D eigenvalue weighted by Crippen LogP contribution is -2.41. The number of rotatable bonds is 5. The van der Waals surface area contributed by atoms with E-state index in [9.17, 15) is 0 Å². The molecule has 0 spiro atoms. The molecule has 1 saturated heterocycles. The molecule has 3 rings (SSSR count). The summed E-state index contributed by atoms with van der Waals surface area (Å²) in [5.41, 5.74) is 1.34. The fourth-order valence-corrected chi connectivity index (χ4v) is 2.87. The Morgan fingerprint density at radius 1 is 1.35 bits per heavy atom. The van der Waals surface area contributed by atoms with E-state index < -0.39 is 0 Å². The summed E-state index contributed by atoms with van der Waals surface area (Å²) in [4.78, 5) is 6.62. The Balaban J connectivity index is 1.59. The molecule has 0 aliphatic carbocycles. The van der Waals surface area contributed by atoms with Crippen molar-refractivity contribution in [2.24, 2.45) is 7.05 Å². The van der Waals surface area contributed by atoms with Crippen molar-refractivity contribution in [2.75, 3.05) is 26.3 Å². The van der Waals surface area contributed by atoms with Crippen LogP contribution in [0.15, 0.2) is 37.1 Å². The molecule has 0 unspecified atom stereocenters. The molecule has 2 aromatic heterocycles. The van der Waals surface area contributed by atoms with Crippen LogP contribution < -0.4 is 0 Å². The molecule has 1 fully saturated rings. The van der Waals surface area contributed by atoms with Crippen LogP contribution in [0.4, 0.5) is 0 Å². The number of hydrogen-bond acceptors (Lipinski definition) is 3. The van der Waals surface area contributed by atoms with Crippen molar-refractivity contribution < 1.29 is 4.74 Å². The lowest BCUT2D eigenvalue weighted by Gasteiger charge is -2.36. The highest BCUT2D eigenvalue weighted by Gasteiger charge is 2.25. The van der Waals surface area contributed by atoms with Crippen molar-refractivity contribution in [3.05, 3.63) is 42.7 Å². The Bertz CT molecular complexity index is 520. The topological polar surface area (TPSA) is 35.2 Å². The predicted molar refractivity (Wildman–Crippen MR) is 77.4 cm³/mol. The highest BCUT2D eigenvalue weighted by Crippen LogP contribution is 2.24. The largest absolute Gasteiger partial charge is 0.378 e. The third kappa shape index (κ3) is 2.94. The van der Waals surface area contributed by atoms with Crippen LogP contribution >= 0.6 is 0 Å². The Labute approximate surface area is 119 Å². The molecular weight excluding hydrogens is 252 g/mol. The molecule has 108 valence electrons. The number of imidazole rings is 1. The van der Waals surface area contributed by atoms with Gasteiger partial charge in [-0.1, -0.05) is 0 Å². The fraction of sp³-hybridized carbons (Fsp3) is 0.533. The lowest BCUT2D eigenvalue weighted by atomic mass is 10.1. The van der Waals surface area contributed by atoms with E-state index >= 15 is 0 Å². The van der Waals surface area contributed by atoms with E-state index in [2.05, 4.69) is 44.4 Å². The predicted octanol–water partition coefficient (Wildman–Crippen LogP) is 1.69. The zero-order chi connectivity index (χ0) is 13.8. The van der Waals surface area contributed by atoms with Crippen LogP contribution in [-0.4, -0.2) is 45.3 Å². The van der Waals surface area contributed by atoms with Gasteiger partial charge in [0.2, 0.25) is 0 Å². The van der Waals surface area contributed by atoms with E-state index in [4.69, 9.17) is 4.74 Å². The first kappa shape index (κ1) is 13.4. The van der Waals surface area contributed by atoms with Gasteiger partial charge >= 0.3 is 0 Å². The molecule has 0 radical (unpaired) electrons. The van der Waals surface area contributed by atoms with Gasteiger partial charge in [0, 0.05) is 51.0 Å². The molecule has 0 bridgehead atoms. The molecule has 0 N–H and O–H groups in total. The quantitative estimate of drug-likeness (QED) is 0.832. The fourth-order valence-electron chi connectivity index (χ4n) is 2.87. The zero-order valence-electron chi connectivity index (χ0n) is 12.0. The van der Waals surface area contributed by atoms with Crippen LogP contribution in [0.2, 0.25) is 0 Å². The molecule has 1 aliphatic rings. The maximum Gasteiger partial charge on any atom is 0.0945 e. The third-order valence-corrected chi connectivity index (χ3v) is 3.99. The minimum Gasteiger partial charge on any atom is -0.378 e. The highest BCUT2D eigenvalue weighted by atomic mass is 16.5. The maximum absolute atomic E-state index is 5.67. The standard InChI is InChI=1S/C15H22N4O/c1-17-6-2-4-14(17)15-12-20-11-10-19(15)8-3-7-18-9-5-16-13-18/h2,4-6,9,13,15H,3,7-8,10-12H2,1H3/t15-/m0/s1. The summed E-state index contributed by atoms with van der Waals surface area (Å²) in [5.74, 6) is 0. The van der Waals surface area contributed by atoms with Gasteiger partial charge in [-0.25, -0.2) is 4.98 Å². The van der Waals surface area contributed by atoms with E-state index in [1.807, 2.05) is 18.7 Å². The normalized spacial score (nSPS) is 20.4. The van der Waals surface area contributed by atoms with Gasteiger partial charge in [0.05, 0.1) is 25.6 Å². The summed E-state index contributed by atoms with van der Waals surface area (Å²) in [7, 11) is 2.10. The Kier molecular flexibility index (Phi) is 4.18. The van der Waals surface area contributed by atoms with E-state index in [0.29, 0.717) is 6.04 Å². The van der Waals surface area contributed by atoms with Crippen LogP contribution in [0.1, 0.15) is 18.2 Å². The first-order valence-corrected chi connectivity index (χ1v) is 7.23. The molecule has 3 heterocycles. The summed E-state index contributed by atoms with van der Waals surface area (Å²) in [6.45, 7) is 4.77. The number of morpholine rings is 1. The van der Waals surface area contributed by atoms with Crippen LogP contribution in [0, 0.1) is 0 Å². The van der Waals surface area contributed by atoms with Crippen molar-refractivity contribution in [3.8, 4) is 0 Å². The minimum atomic E-state index is 0.381. The van der Waals surface area contributed by atoms with Crippen molar-refractivity contribution in [1.82, 2.24) is 19.0 Å². The van der Waals surface area contributed by atoms with Gasteiger partial charge in [0.15, 0.2) is 0 Å². The van der Waals surface area contributed by atoms with Crippen LogP contribution in [0.25, 0.3) is 0 Å². The zero-order valence-corrected chi connectivity index (χ0v) is 12.0. The van der Waals surface area contributed by atoms with Gasteiger partial charge in [0.1, 0.15) is 0 Å². The molecule has 0 saturated carbocycles. The smallest absolute Gasteiger partial charge is 0.0945 e. The molecule has 0 amide bonds. The number of aryl methyl sites for hydroxylation is 2.